The summed E-state index contributed by atoms with van der Waals surface area (Å²) in [4.78, 5) is 4.22. The Kier molecular flexibility index (Phi) is 4.77. The van der Waals surface area contributed by atoms with Crippen molar-refractivity contribution in [1.29, 1.82) is 5.26 Å². The maximum Gasteiger partial charge on any atom is 0.250 e. The van der Waals surface area contributed by atoms with E-state index in [1.807, 2.05) is 0 Å². The Labute approximate surface area is 189 Å². The number of hydrogen-bond acceptors (Lipinski definition) is 8. The minimum atomic E-state index is -3.72. The van der Waals surface area contributed by atoms with Gasteiger partial charge in [0.1, 0.15) is 23.7 Å². The molecule has 5 rings (SSSR count). The van der Waals surface area contributed by atoms with E-state index in [0.29, 0.717) is 28.1 Å². The smallest absolute Gasteiger partial charge is 0.250 e. The molecule has 2 N–H and O–H groups in total. The van der Waals surface area contributed by atoms with Crippen molar-refractivity contribution in [2.45, 2.75) is 19.6 Å². The minimum Gasteiger partial charge on any atom is -0.482 e. The van der Waals surface area contributed by atoms with Crippen molar-refractivity contribution in [3.05, 3.63) is 53.2 Å². The van der Waals surface area contributed by atoms with Crippen molar-refractivity contribution < 1.29 is 17.5 Å². The highest BCUT2D eigenvalue weighted by atomic mass is 32.2. The number of nitriles is 1. The van der Waals surface area contributed by atoms with Gasteiger partial charge in [0.15, 0.2) is 11.6 Å². The molecule has 12 heteroatoms. The van der Waals surface area contributed by atoms with E-state index in [9.17, 15) is 18.1 Å². The van der Waals surface area contributed by atoms with Gasteiger partial charge in [-0.3, -0.25) is 4.68 Å². The van der Waals surface area contributed by atoms with Crippen molar-refractivity contribution in [3.8, 4) is 22.9 Å². The first-order chi connectivity index (χ1) is 15.7. The van der Waals surface area contributed by atoms with Crippen molar-refractivity contribution >= 4 is 21.5 Å². The first kappa shape index (κ1) is 21.2. The summed E-state index contributed by atoms with van der Waals surface area (Å²) in [5.74, 6) is -0.297. The number of rotatable bonds is 0. The van der Waals surface area contributed by atoms with E-state index in [-0.39, 0.29) is 36.1 Å². The van der Waals surface area contributed by atoms with Crippen molar-refractivity contribution in [3.63, 3.8) is 0 Å². The molecule has 0 saturated carbocycles. The first-order valence-electron chi connectivity index (χ1n) is 10.2. The van der Waals surface area contributed by atoms with E-state index in [4.69, 9.17) is 10.5 Å². The first-order valence-corrected chi connectivity index (χ1v) is 11.8. The van der Waals surface area contributed by atoms with Gasteiger partial charge in [-0.2, -0.15) is 19.8 Å². The Balaban J connectivity index is 1.80. The zero-order valence-corrected chi connectivity index (χ0v) is 18.7. The predicted octanol–water partition coefficient (Wildman–Crippen LogP) is 2.10. The van der Waals surface area contributed by atoms with Crippen LogP contribution in [0.3, 0.4) is 0 Å². The number of aromatic nitrogens is 3. The number of fused-ring (bicyclic) bond motifs is 7. The average Bonchev–Trinajstić information content (AvgIpc) is 3.24. The van der Waals surface area contributed by atoms with Crippen LogP contribution in [-0.2, 0) is 23.6 Å². The number of hydrogen-bond donors (Lipinski definition) is 1. The summed E-state index contributed by atoms with van der Waals surface area (Å²) in [6, 6.07) is 7.70. The van der Waals surface area contributed by atoms with E-state index in [1.165, 1.54) is 33.5 Å². The standard InChI is InChI=1S/C21H20FN7O3S/c1-12-15-8-14(22)3-4-17(15)29-28(5-6-33(29,30)31)11-16-20(18(9-23)27(2)26-16)13-7-19(32-12)21(24)25-10-13/h3-4,7-8,10,12H,5-6,11H2,1-2H3,(H2,24,25)/t12-/m1/s1. The second-order valence-corrected chi connectivity index (χ2v) is 9.84. The molecule has 1 aromatic carbocycles. The van der Waals surface area contributed by atoms with Gasteiger partial charge in [0.25, 0.3) is 0 Å². The van der Waals surface area contributed by atoms with Crippen LogP contribution >= 0.6 is 0 Å². The van der Waals surface area contributed by atoms with Crippen LogP contribution in [0.2, 0.25) is 0 Å². The lowest BCUT2D eigenvalue weighted by Crippen LogP contribution is -2.39. The Morgan fingerprint density at radius 3 is 2.88 bits per heavy atom. The van der Waals surface area contributed by atoms with Gasteiger partial charge in [0.2, 0.25) is 10.0 Å². The quantitative estimate of drug-likeness (QED) is 0.530. The Bertz CT molecular complexity index is 1430. The Morgan fingerprint density at radius 1 is 1.33 bits per heavy atom. The summed E-state index contributed by atoms with van der Waals surface area (Å²) >= 11 is 0. The summed E-state index contributed by atoms with van der Waals surface area (Å²) in [5.41, 5.74) is 8.53. The molecule has 0 spiro atoms. The number of sulfonamides is 1. The molecule has 170 valence electrons. The minimum absolute atomic E-state index is 0.107. The van der Waals surface area contributed by atoms with Crippen molar-refractivity contribution in [1.82, 2.24) is 19.8 Å². The molecule has 1 fully saturated rings. The predicted molar refractivity (Wildman–Crippen MR) is 118 cm³/mol. The fourth-order valence-corrected chi connectivity index (χ4v) is 5.85. The molecule has 1 atom stereocenters. The number of nitrogens with zero attached hydrogens (tertiary/aromatic N) is 6. The maximum absolute atomic E-state index is 14.2. The second-order valence-electron chi connectivity index (χ2n) is 7.92. The van der Waals surface area contributed by atoms with Crippen LogP contribution in [0.15, 0.2) is 30.5 Å². The summed E-state index contributed by atoms with van der Waals surface area (Å²) in [7, 11) is -2.08. The number of nitrogens with two attached hydrogens (primary N) is 1. The number of aryl methyl sites for hydroxylation is 1. The lowest BCUT2D eigenvalue weighted by molar-refractivity contribution is 0.226. The van der Waals surface area contributed by atoms with E-state index >= 15 is 0 Å². The topological polar surface area (TPSA) is 130 Å². The van der Waals surface area contributed by atoms with E-state index in [2.05, 4.69) is 16.2 Å². The van der Waals surface area contributed by atoms with Crippen LogP contribution in [0.5, 0.6) is 5.75 Å². The largest absolute Gasteiger partial charge is 0.482 e. The van der Waals surface area contributed by atoms with Gasteiger partial charge in [0.05, 0.1) is 23.7 Å². The monoisotopic (exact) mass is 469 g/mol. The molecule has 2 aromatic heterocycles. The number of benzene rings is 1. The number of anilines is 2. The van der Waals surface area contributed by atoms with E-state index in [1.54, 1.807) is 25.0 Å². The third kappa shape index (κ3) is 3.37. The molecule has 33 heavy (non-hydrogen) atoms. The van der Waals surface area contributed by atoms with Crippen molar-refractivity contribution in [2.75, 3.05) is 22.4 Å². The zero-order chi connectivity index (χ0) is 23.5. The van der Waals surface area contributed by atoms with Crippen LogP contribution in [0.4, 0.5) is 15.9 Å². The lowest BCUT2D eigenvalue weighted by Gasteiger charge is -2.31. The zero-order valence-electron chi connectivity index (χ0n) is 17.9. The SMILES string of the molecule is C[C@H]1Oc2cc(cnc2N)-c2c(nn(C)c2C#N)CN2CCS(=O)(=O)N2c2ccc(F)cc21. The van der Waals surface area contributed by atoms with E-state index < -0.39 is 21.9 Å². The molecule has 4 heterocycles. The molecule has 0 aliphatic carbocycles. The Morgan fingerprint density at radius 2 is 2.12 bits per heavy atom. The third-order valence-electron chi connectivity index (χ3n) is 5.79. The van der Waals surface area contributed by atoms with E-state index in [0.717, 1.165) is 0 Å². The highest BCUT2D eigenvalue weighted by molar-refractivity contribution is 7.93. The van der Waals surface area contributed by atoms with Crippen LogP contribution in [0.1, 0.15) is 30.0 Å². The maximum atomic E-state index is 14.2. The van der Waals surface area contributed by atoms with Gasteiger partial charge in [-0.1, -0.05) is 0 Å². The molecular formula is C21H20FN7O3S. The van der Waals surface area contributed by atoms with Gasteiger partial charge in [-0.05, 0) is 31.2 Å². The molecule has 1 saturated heterocycles. The molecule has 2 aliphatic rings. The van der Waals surface area contributed by atoms with Crippen LogP contribution < -0.4 is 14.9 Å². The van der Waals surface area contributed by atoms with Crippen molar-refractivity contribution in [2.24, 2.45) is 7.05 Å². The van der Waals surface area contributed by atoms with Gasteiger partial charge < -0.3 is 10.5 Å². The molecule has 2 aliphatic heterocycles. The molecule has 2 bridgehead atoms. The fourth-order valence-electron chi connectivity index (χ4n) is 4.28. The molecule has 0 amide bonds. The molecule has 3 aromatic rings. The summed E-state index contributed by atoms with van der Waals surface area (Å²) in [6.45, 7) is 1.99. The molecule has 0 unspecified atom stereocenters. The number of pyridine rings is 1. The van der Waals surface area contributed by atoms with Gasteiger partial charge in [0, 0.05) is 36.5 Å². The van der Waals surface area contributed by atoms with Gasteiger partial charge in [-0.25, -0.2) is 17.8 Å². The molecule has 0 radical (unpaired) electrons. The van der Waals surface area contributed by atoms with Crippen LogP contribution in [0.25, 0.3) is 11.1 Å². The normalized spacial score (nSPS) is 19.3. The summed E-state index contributed by atoms with van der Waals surface area (Å²) in [6.07, 6.45) is 0.766. The third-order valence-corrected chi connectivity index (χ3v) is 7.45. The summed E-state index contributed by atoms with van der Waals surface area (Å²) in [5, 5.41) is 15.9. The van der Waals surface area contributed by atoms with Gasteiger partial charge >= 0.3 is 0 Å². The molecule has 10 nitrogen and oxygen atoms in total. The summed E-state index contributed by atoms with van der Waals surface area (Å²) < 4.78 is 49.0. The second kappa shape index (κ2) is 7.43. The Hall–Kier alpha value is -3.69. The van der Waals surface area contributed by atoms with Crippen LogP contribution in [0, 0.1) is 17.1 Å². The highest BCUT2D eigenvalue weighted by Gasteiger charge is 2.39. The average molecular weight is 470 g/mol. The lowest BCUT2D eigenvalue weighted by atomic mass is 10.0. The number of hydrazine groups is 1. The molecular weight excluding hydrogens is 449 g/mol. The number of halogens is 1. The fraction of sp³-hybridized carbons (Fsp3) is 0.286. The highest BCUT2D eigenvalue weighted by Crippen LogP contribution is 2.39. The van der Waals surface area contributed by atoms with Crippen LogP contribution in [-0.4, -0.2) is 40.5 Å². The number of nitrogen functional groups attached to an aromatic ring is 1. The van der Waals surface area contributed by atoms with Gasteiger partial charge in [-0.15, -0.1) is 0 Å². The number of ether oxygens (including phenoxy) is 1.